The summed E-state index contributed by atoms with van der Waals surface area (Å²) in [5.41, 5.74) is 0.436. The number of carboxylic acid groups (broad SMARTS) is 2. The van der Waals surface area contributed by atoms with Gasteiger partial charge < -0.3 is 25.4 Å². The SMILES string of the molecule is N=c1[nH]cnc2sccc12.O=C(O)C(O)C(O)C(=O)O. The number of nitrogens with zero attached hydrogens (tertiary/aromatic N) is 1. The number of aliphatic carboxylic acids is 2. The summed E-state index contributed by atoms with van der Waals surface area (Å²) in [6.45, 7) is 0. The van der Waals surface area contributed by atoms with Gasteiger partial charge in [-0.2, -0.15) is 0 Å². The predicted molar refractivity (Wildman–Crippen MR) is 67.1 cm³/mol. The smallest absolute Gasteiger partial charge is 0.335 e. The number of thiophene rings is 1. The Morgan fingerprint density at radius 2 is 1.80 bits per heavy atom. The fourth-order valence-corrected chi connectivity index (χ4v) is 1.84. The van der Waals surface area contributed by atoms with Crippen LogP contribution in [0.1, 0.15) is 0 Å². The van der Waals surface area contributed by atoms with Crippen LogP contribution in [0.4, 0.5) is 0 Å². The Morgan fingerprint density at radius 3 is 2.25 bits per heavy atom. The van der Waals surface area contributed by atoms with Gasteiger partial charge >= 0.3 is 11.9 Å². The second-order valence-electron chi connectivity index (χ2n) is 3.48. The highest BCUT2D eigenvalue weighted by Gasteiger charge is 2.29. The van der Waals surface area contributed by atoms with Crippen molar-refractivity contribution >= 4 is 33.5 Å². The maximum absolute atomic E-state index is 9.77. The van der Waals surface area contributed by atoms with Crippen LogP contribution >= 0.6 is 11.3 Å². The van der Waals surface area contributed by atoms with Crippen molar-refractivity contribution in [2.45, 2.75) is 12.2 Å². The van der Waals surface area contributed by atoms with Crippen LogP contribution in [0.3, 0.4) is 0 Å². The van der Waals surface area contributed by atoms with E-state index in [0.717, 1.165) is 10.2 Å². The van der Waals surface area contributed by atoms with Crippen molar-refractivity contribution in [1.82, 2.24) is 9.97 Å². The lowest BCUT2D eigenvalue weighted by molar-refractivity contribution is -0.165. The van der Waals surface area contributed by atoms with Crippen molar-refractivity contribution in [3.05, 3.63) is 23.3 Å². The van der Waals surface area contributed by atoms with Crippen molar-refractivity contribution in [3.63, 3.8) is 0 Å². The van der Waals surface area contributed by atoms with Gasteiger partial charge in [-0.25, -0.2) is 14.6 Å². The molecule has 0 bridgehead atoms. The van der Waals surface area contributed by atoms with E-state index in [1.54, 1.807) is 17.7 Å². The number of hydrogen-bond acceptors (Lipinski definition) is 7. The van der Waals surface area contributed by atoms with Crippen molar-refractivity contribution in [3.8, 4) is 0 Å². The molecule has 0 fully saturated rings. The zero-order valence-electron chi connectivity index (χ0n) is 9.85. The van der Waals surface area contributed by atoms with Crippen LogP contribution in [-0.2, 0) is 9.59 Å². The number of carboxylic acids is 2. The number of H-pyrrole nitrogens is 1. The molecular weight excluding hydrogens is 290 g/mol. The zero-order chi connectivity index (χ0) is 15.3. The number of aliphatic hydroxyl groups is 2. The van der Waals surface area contributed by atoms with Crippen molar-refractivity contribution in [2.24, 2.45) is 0 Å². The van der Waals surface area contributed by atoms with Gasteiger partial charge in [0.05, 0.1) is 11.7 Å². The lowest BCUT2D eigenvalue weighted by Crippen LogP contribution is -2.39. The van der Waals surface area contributed by atoms with Crippen LogP contribution in [0.2, 0.25) is 0 Å². The Hall–Kier alpha value is -2.30. The minimum absolute atomic E-state index is 0.436. The van der Waals surface area contributed by atoms with Gasteiger partial charge in [0.2, 0.25) is 0 Å². The van der Waals surface area contributed by atoms with E-state index in [-0.39, 0.29) is 0 Å². The molecule has 0 amide bonds. The molecule has 0 aliphatic heterocycles. The summed E-state index contributed by atoms with van der Waals surface area (Å²) in [7, 11) is 0. The number of carbonyl (C=O) groups is 2. The molecule has 2 heterocycles. The van der Waals surface area contributed by atoms with Crippen LogP contribution in [0.15, 0.2) is 17.8 Å². The van der Waals surface area contributed by atoms with Crippen LogP contribution in [0.5, 0.6) is 0 Å². The van der Waals surface area contributed by atoms with E-state index in [9.17, 15) is 9.59 Å². The summed E-state index contributed by atoms with van der Waals surface area (Å²) in [6, 6.07) is 1.89. The minimum atomic E-state index is -2.27. The molecule has 0 radical (unpaired) electrons. The first-order chi connectivity index (χ1) is 9.34. The number of aromatic amines is 1. The molecule has 108 valence electrons. The number of nitrogens with one attached hydrogen (secondary N) is 2. The van der Waals surface area contributed by atoms with E-state index in [4.69, 9.17) is 25.8 Å². The van der Waals surface area contributed by atoms with Gasteiger partial charge in [0.15, 0.2) is 12.2 Å². The first-order valence-electron chi connectivity index (χ1n) is 5.11. The van der Waals surface area contributed by atoms with E-state index in [1.807, 2.05) is 11.4 Å². The molecule has 2 rings (SSSR count). The second-order valence-corrected chi connectivity index (χ2v) is 4.38. The van der Waals surface area contributed by atoms with Crippen molar-refractivity contribution in [2.75, 3.05) is 0 Å². The van der Waals surface area contributed by atoms with E-state index in [0.29, 0.717) is 5.49 Å². The van der Waals surface area contributed by atoms with Crippen molar-refractivity contribution in [1.29, 1.82) is 5.41 Å². The van der Waals surface area contributed by atoms with E-state index in [1.165, 1.54) is 0 Å². The fraction of sp³-hybridized carbons (Fsp3) is 0.200. The molecule has 2 aromatic heterocycles. The second kappa shape index (κ2) is 6.75. The first-order valence-corrected chi connectivity index (χ1v) is 5.99. The fourth-order valence-electron chi connectivity index (χ4n) is 1.09. The molecule has 0 aliphatic carbocycles. The Balaban J connectivity index is 0.000000200. The molecule has 9 nitrogen and oxygen atoms in total. The van der Waals surface area contributed by atoms with Gasteiger partial charge in [0.25, 0.3) is 0 Å². The summed E-state index contributed by atoms with van der Waals surface area (Å²) < 4.78 is 0. The molecule has 0 aromatic carbocycles. The monoisotopic (exact) mass is 301 g/mol. The van der Waals surface area contributed by atoms with Crippen LogP contribution in [0.25, 0.3) is 10.2 Å². The maximum Gasteiger partial charge on any atom is 0.335 e. The number of hydrogen-bond donors (Lipinski definition) is 6. The summed E-state index contributed by atoms with van der Waals surface area (Å²) in [5, 5.41) is 42.7. The average molecular weight is 301 g/mol. The van der Waals surface area contributed by atoms with E-state index in [2.05, 4.69) is 9.97 Å². The standard InChI is InChI=1S/C6H5N3S.C4H6O6/c7-5-4-1-2-10-6(4)9-3-8-5;5-1(3(7)8)2(6)4(9)10/h1-3H,(H2,7,8,9);1-2,5-6H,(H,7,8)(H,9,10). The number of aliphatic hydroxyl groups excluding tert-OH is 2. The molecule has 0 saturated carbocycles. The highest BCUT2D eigenvalue weighted by molar-refractivity contribution is 7.16. The molecule has 0 saturated heterocycles. The van der Waals surface area contributed by atoms with Crippen LogP contribution in [-0.4, -0.2) is 54.5 Å². The zero-order valence-corrected chi connectivity index (χ0v) is 10.7. The molecule has 2 aromatic rings. The molecule has 6 N–H and O–H groups in total. The van der Waals surface area contributed by atoms with E-state index < -0.39 is 24.1 Å². The highest BCUT2D eigenvalue weighted by atomic mass is 32.1. The topological polar surface area (TPSA) is 168 Å². The Morgan fingerprint density at radius 1 is 1.25 bits per heavy atom. The quantitative estimate of drug-likeness (QED) is 0.421. The number of fused-ring (bicyclic) bond motifs is 1. The largest absolute Gasteiger partial charge is 0.479 e. The summed E-state index contributed by atoms with van der Waals surface area (Å²) >= 11 is 1.55. The van der Waals surface area contributed by atoms with Crippen LogP contribution < -0.4 is 5.49 Å². The van der Waals surface area contributed by atoms with Gasteiger partial charge in [-0.1, -0.05) is 0 Å². The van der Waals surface area contributed by atoms with Crippen LogP contribution in [0, 0.1) is 5.41 Å². The van der Waals surface area contributed by atoms with Gasteiger partial charge in [0.1, 0.15) is 10.3 Å². The Bertz CT molecular complexity index is 648. The molecule has 2 atom stereocenters. The normalized spacial score (nSPS) is 13.1. The summed E-state index contributed by atoms with van der Waals surface area (Å²) in [6.07, 6.45) is -2.99. The van der Waals surface area contributed by atoms with Crippen molar-refractivity contribution < 1.29 is 30.0 Å². The third-order valence-corrected chi connectivity index (χ3v) is 2.93. The molecular formula is C10H11N3O6S. The van der Waals surface area contributed by atoms with Gasteiger partial charge in [-0.15, -0.1) is 11.3 Å². The molecule has 10 heteroatoms. The van der Waals surface area contributed by atoms with Gasteiger partial charge in [0, 0.05) is 0 Å². The highest BCUT2D eigenvalue weighted by Crippen LogP contribution is 2.11. The maximum atomic E-state index is 9.77. The minimum Gasteiger partial charge on any atom is -0.479 e. The molecule has 0 aliphatic rings. The number of aromatic nitrogens is 2. The van der Waals surface area contributed by atoms with Gasteiger partial charge in [-0.05, 0) is 11.4 Å². The Labute approximate surface area is 115 Å². The number of rotatable bonds is 3. The summed E-state index contributed by atoms with van der Waals surface area (Å²) in [5.74, 6) is -3.54. The predicted octanol–water partition coefficient (Wildman–Crippen LogP) is -1.02. The lowest BCUT2D eigenvalue weighted by Gasteiger charge is -2.07. The third kappa shape index (κ3) is 3.85. The first kappa shape index (κ1) is 15.8. The average Bonchev–Trinajstić information content (AvgIpc) is 2.87. The van der Waals surface area contributed by atoms with Gasteiger partial charge in [-0.3, -0.25) is 5.41 Å². The summed E-state index contributed by atoms with van der Waals surface area (Å²) in [4.78, 5) is 27.2. The molecule has 20 heavy (non-hydrogen) atoms. The third-order valence-electron chi connectivity index (χ3n) is 2.11. The van der Waals surface area contributed by atoms with E-state index >= 15 is 0 Å². The Kier molecular flexibility index (Phi) is 5.32. The molecule has 2 unspecified atom stereocenters. The molecule has 0 spiro atoms. The lowest BCUT2D eigenvalue weighted by atomic mass is 10.2.